The maximum absolute atomic E-state index is 11.2. The van der Waals surface area contributed by atoms with E-state index in [1.165, 1.54) is 0 Å². The summed E-state index contributed by atoms with van der Waals surface area (Å²) in [6.45, 7) is 2.59. The van der Waals surface area contributed by atoms with E-state index in [0.717, 1.165) is 5.56 Å². The molecule has 2 rings (SSSR count). The van der Waals surface area contributed by atoms with Crippen molar-refractivity contribution in [2.45, 2.75) is 13.5 Å². The van der Waals surface area contributed by atoms with E-state index in [0.29, 0.717) is 6.54 Å². The molecule has 0 saturated carbocycles. The first kappa shape index (κ1) is 12.2. The molecule has 0 unspecified atom stereocenters. The molecular formula is C13H14N2O3. The standard InChI is InChI=1S/C13H14N2O3/c1-2-17-13(16)18-12-14-8-9-15(12)10-11-6-4-3-5-7-11/h3-9H,2,10H2,1H3. The Morgan fingerprint density at radius 3 is 2.83 bits per heavy atom. The maximum atomic E-state index is 11.2. The van der Waals surface area contributed by atoms with Gasteiger partial charge in [-0.2, -0.15) is 0 Å². The summed E-state index contributed by atoms with van der Waals surface area (Å²) in [5, 5.41) is 0. The molecule has 0 aliphatic heterocycles. The summed E-state index contributed by atoms with van der Waals surface area (Å²) < 4.78 is 11.4. The molecule has 0 atom stereocenters. The van der Waals surface area contributed by atoms with Gasteiger partial charge in [0.15, 0.2) is 0 Å². The zero-order valence-electron chi connectivity index (χ0n) is 10.1. The first-order valence-corrected chi connectivity index (χ1v) is 5.69. The summed E-state index contributed by atoms with van der Waals surface area (Å²) in [5.41, 5.74) is 1.10. The van der Waals surface area contributed by atoms with E-state index in [1.807, 2.05) is 30.3 Å². The summed E-state index contributed by atoms with van der Waals surface area (Å²) in [5.74, 6) is 0. The zero-order valence-corrected chi connectivity index (χ0v) is 10.1. The summed E-state index contributed by atoms with van der Waals surface area (Å²) in [6, 6.07) is 10.1. The van der Waals surface area contributed by atoms with Gasteiger partial charge < -0.3 is 9.47 Å². The highest BCUT2D eigenvalue weighted by molar-refractivity contribution is 5.62. The quantitative estimate of drug-likeness (QED) is 0.778. The Bertz CT molecular complexity index is 508. The molecular weight excluding hydrogens is 232 g/mol. The van der Waals surface area contributed by atoms with E-state index in [9.17, 15) is 4.79 Å². The minimum Gasteiger partial charge on any atom is -0.434 e. The van der Waals surface area contributed by atoms with Gasteiger partial charge in [0.2, 0.25) is 0 Å². The predicted molar refractivity (Wildman–Crippen MR) is 65.4 cm³/mol. The van der Waals surface area contributed by atoms with Crippen molar-refractivity contribution in [3.63, 3.8) is 0 Å². The lowest BCUT2D eigenvalue weighted by atomic mass is 10.2. The van der Waals surface area contributed by atoms with Crippen LogP contribution in [0.3, 0.4) is 0 Å². The lowest BCUT2D eigenvalue weighted by Crippen LogP contribution is -2.13. The van der Waals surface area contributed by atoms with Gasteiger partial charge in [0.25, 0.3) is 0 Å². The first-order chi connectivity index (χ1) is 8.79. The van der Waals surface area contributed by atoms with Crippen molar-refractivity contribution in [3.8, 4) is 6.01 Å². The number of aromatic nitrogens is 2. The number of hydrogen-bond acceptors (Lipinski definition) is 4. The van der Waals surface area contributed by atoms with E-state index in [4.69, 9.17) is 9.47 Å². The number of imidazole rings is 1. The van der Waals surface area contributed by atoms with Gasteiger partial charge >= 0.3 is 12.2 Å². The maximum Gasteiger partial charge on any atom is 0.516 e. The van der Waals surface area contributed by atoms with Crippen molar-refractivity contribution in [1.29, 1.82) is 0 Å². The van der Waals surface area contributed by atoms with Crippen LogP contribution in [0.1, 0.15) is 12.5 Å². The van der Waals surface area contributed by atoms with E-state index in [1.54, 1.807) is 23.9 Å². The zero-order chi connectivity index (χ0) is 12.8. The van der Waals surface area contributed by atoms with Gasteiger partial charge in [0, 0.05) is 12.4 Å². The van der Waals surface area contributed by atoms with Crippen molar-refractivity contribution in [1.82, 2.24) is 9.55 Å². The fourth-order valence-corrected chi connectivity index (χ4v) is 1.52. The largest absolute Gasteiger partial charge is 0.516 e. The normalized spacial score (nSPS) is 10.1. The number of carbonyl (C=O) groups excluding carboxylic acids is 1. The van der Waals surface area contributed by atoms with Gasteiger partial charge in [-0.05, 0) is 12.5 Å². The smallest absolute Gasteiger partial charge is 0.434 e. The Hall–Kier alpha value is -2.30. The van der Waals surface area contributed by atoms with Gasteiger partial charge in [-0.15, -0.1) is 0 Å². The number of carbonyl (C=O) groups is 1. The van der Waals surface area contributed by atoms with Gasteiger partial charge in [-0.3, -0.25) is 4.57 Å². The van der Waals surface area contributed by atoms with Gasteiger partial charge in [-0.1, -0.05) is 30.3 Å². The van der Waals surface area contributed by atoms with Crippen LogP contribution in [0.15, 0.2) is 42.7 Å². The van der Waals surface area contributed by atoms with Crippen LogP contribution >= 0.6 is 0 Å². The molecule has 0 radical (unpaired) electrons. The average molecular weight is 246 g/mol. The molecule has 1 aromatic carbocycles. The Kier molecular flexibility index (Phi) is 3.96. The van der Waals surface area contributed by atoms with Crippen molar-refractivity contribution in [3.05, 3.63) is 48.3 Å². The molecule has 0 aliphatic rings. The summed E-state index contributed by atoms with van der Waals surface area (Å²) in [6.07, 6.45) is 2.59. The minimum atomic E-state index is -0.738. The fraction of sp³-hybridized carbons (Fsp3) is 0.231. The summed E-state index contributed by atoms with van der Waals surface area (Å²) in [4.78, 5) is 15.2. The molecule has 0 fully saturated rings. The van der Waals surface area contributed by atoms with Crippen LogP contribution in [0.5, 0.6) is 6.01 Å². The third-order valence-electron chi connectivity index (χ3n) is 2.31. The van der Waals surface area contributed by atoms with Crippen molar-refractivity contribution >= 4 is 6.16 Å². The Balaban J connectivity index is 2.06. The first-order valence-electron chi connectivity index (χ1n) is 5.69. The second-order valence-electron chi connectivity index (χ2n) is 3.61. The molecule has 0 spiro atoms. The highest BCUT2D eigenvalue weighted by Gasteiger charge is 2.10. The summed E-state index contributed by atoms with van der Waals surface area (Å²) in [7, 11) is 0. The van der Waals surface area contributed by atoms with Crippen LogP contribution in [0, 0.1) is 0 Å². The van der Waals surface area contributed by atoms with E-state index in [-0.39, 0.29) is 12.6 Å². The summed E-state index contributed by atoms with van der Waals surface area (Å²) >= 11 is 0. The molecule has 0 N–H and O–H groups in total. The van der Waals surface area contributed by atoms with Crippen molar-refractivity contribution in [2.75, 3.05) is 6.61 Å². The van der Waals surface area contributed by atoms with E-state index >= 15 is 0 Å². The molecule has 1 aromatic heterocycles. The van der Waals surface area contributed by atoms with Crippen LogP contribution in [0.4, 0.5) is 4.79 Å². The number of rotatable bonds is 4. The van der Waals surface area contributed by atoms with E-state index < -0.39 is 6.16 Å². The lowest BCUT2D eigenvalue weighted by Gasteiger charge is -2.07. The molecule has 0 saturated heterocycles. The third-order valence-corrected chi connectivity index (χ3v) is 2.31. The van der Waals surface area contributed by atoms with Gasteiger partial charge in [0.05, 0.1) is 13.2 Å². The molecule has 94 valence electrons. The minimum absolute atomic E-state index is 0.234. The van der Waals surface area contributed by atoms with Crippen LogP contribution in [0.2, 0.25) is 0 Å². The number of ether oxygens (including phenoxy) is 2. The predicted octanol–water partition coefficient (Wildman–Crippen LogP) is 2.47. The highest BCUT2D eigenvalue weighted by Crippen LogP contribution is 2.11. The molecule has 0 bridgehead atoms. The molecule has 0 amide bonds. The average Bonchev–Trinajstić information content (AvgIpc) is 2.78. The topological polar surface area (TPSA) is 53.4 Å². The Morgan fingerprint density at radius 1 is 1.33 bits per heavy atom. The number of hydrogen-bond donors (Lipinski definition) is 0. The van der Waals surface area contributed by atoms with Crippen LogP contribution < -0.4 is 4.74 Å². The molecule has 5 heteroatoms. The van der Waals surface area contributed by atoms with Crippen molar-refractivity contribution in [2.24, 2.45) is 0 Å². The van der Waals surface area contributed by atoms with Crippen LogP contribution in [-0.2, 0) is 11.3 Å². The molecule has 18 heavy (non-hydrogen) atoms. The van der Waals surface area contributed by atoms with Gasteiger partial charge in [-0.25, -0.2) is 9.78 Å². The monoisotopic (exact) mass is 246 g/mol. The lowest BCUT2D eigenvalue weighted by molar-refractivity contribution is 0.0993. The Labute approximate surface area is 105 Å². The number of nitrogens with zero attached hydrogens (tertiary/aromatic N) is 2. The van der Waals surface area contributed by atoms with Crippen LogP contribution in [0.25, 0.3) is 0 Å². The SMILES string of the molecule is CCOC(=O)Oc1nccn1Cc1ccccc1. The van der Waals surface area contributed by atoms with Gasteiger partial charge in [0.1, 0.15) is 0 Å². The second kappa shape index (κ2) is 5.86. The van der Waals surface area contributed by atoms with Crippen LogP contribution in [-0.4, -0.2) is 22.3 Å². The molecule has 1 heterocycles. The third kappa shape index (κ3) is 3.10. The molecule has 0 aliphatic carbocycles. The van der Waals surface area contributed by atoms with E-state index in [2.05, 4.69) is 4.98 Å². The fourth-order valence-electron chi connectivity index (χ4n) is 1.52. The second-order valence-corrected chi connectivity index (χ2v) is 3.61. The number of benzene rings is 1. The van der Waals surface area contributed by atoms with Crippen molar-refractivity contribution < 1.29 is 14.3 Å². The Morgan fingerprint density at radius 2 is 2.11 bits per heavy atom. The molecule has 2 aromatic rings. The highest BCUT2D eigenvalue weighted by atomic mass is 16.7. The molecule has 5 nitrogen and oxygen atoms in total.